The van der Waals surface area contributed by atoms with Crippen LogP contribution in [0.1, 0.15) is 40.2 Å². The molecule has 1 aliphatic heterocycles. The van der Waals surface area contributed by atoms with Gasteiger partial charge in [-0.1, -0.05) is 0 Å². The lowest BCUT2D eigenvalue weighted by molar-refractivity contribution is -0.180. The third-order valence-electron chi connectivity index (χ3n) is 3.28. The Balaban J connectivity index is 2.19. The summed E-state index contributed by atoms with van der Waals surface area (Å²) < 4.78 is 32.1. The minimum atomic E-state index is -4.06. The minimum Gasteiger partial charge on any atom is -0.485 e. The van der Waals surface area contributed by atoms with Gasteiger partial charge in [-0.2, -0.15) is 0 Å². The first-order chi connectivity index (χ1) is 12.5. The highest BCUT2D eigenvalue weighted by atomic mass is 28.4. The highest BCUT2D eigenvalue weighted by Gasteiger charge is 2.53. The second-order valence-corrected chi connectivity index (χ2v) is 8.58. The molecule has 9 nitrogen and oxygen atoms in total. The molecule has 2 rings (SSSR count). The van der Waals surface area contributed by atoms with E-state index >= 15 is 0 Å². The molecule has 0 spiro atoms. The van der Waals surface area contributed by atoms with E-state index < -0.39 is 38.7 Å². The summed E-state index contributed by atoms with van der Waals surface area (Å²) in [5.41, 5.74) is 0.756. The predicted molar refractivity (Wildman–Crippen MR) is 92.5 cm³/mol. The first kappa shape index (κ1) is 20.7. The standard InChI is InChI=1S/C17H22O9Si/c1-11(18)24-27(25-12(2)19,26-13(3)20)10-21-15-6-7-16-14(8-15)9-22-17(4,5)23-16/h6-8H,9-10H2,1-5H3. The maximum absolute atomic E-state index is 11.4. The van der Waals surface area contributed by atoms with E-state index in [0.717, 1.165) is 26.3 Å². The van der Waals surface area contributed by atoms with Gasteiger partial charge in [-0.05, 0) is 18.2 Å². The molecule has 0 atom stereocenters. The third kappa shape index (κ3) is 5.96. The van der Waals surface area contributed by atoms with Crippen molar-refractivity contribution < 1.29 is 41.9 Å². The lowest BCUT2D eigenvalue weighted by Gasteiger charge is -2.32. The predicted octanol–water partition coefficient (Wildman–Crippen LogP) is 1.88. The molecule has 0 radical (unpaired) electrons. The van der Waals surface area contributed by atoms with Crippen LogP contribution in [0, 0.1) is 0 Å². The molecule has 0 aromatic heterocycles. The normalized spacial score (nSPS) is 15.0. The molecule has 0 amide bonds. The summed E-state index contributed by atoms with van der Waals surface area (Å²) in [6.07, 6.45) is -0.419. The van der Waals surface area contributed by atoms with Crippen molar-refractivity contribution in [2.45, 2.75) is 47.0 Å². The first-order valence-corrected chi connectivity index (χ1v) is 10.1. The summed E-state index contributed by atoms with van der Waals surface area (Å²) in [5, 5.41) is 0. The van der Waals surface area contributed by atoms with Gasteiger partial charge in [0.25, 0.3) is 17.9 Å². The Morgan fingerprint density at radius 2 is 1.59 bits per heavy atom. The van der Waals surface area contributed by atoms with Gasteiger partial charge in [0, 0.05) is 40.2 Å². The molecule has 1 heterocycles. The van der Waals surface area contributed by atoms with Crippen LogP contribution < -0.4 is 9.47 Å². The van der Waals surface area contributed by atoms with E-state index in [4.69, 9.17) is 27.5 Å². The Labute approximate surface area is 157 Å². The number of hydrogen-bond acceptors (Lipinski definition) is 9. The van der Waals surface area contributed by atoms with Crippen molar-refractivity contribution >= 4 is 26.7 Å². The minimum absolute atomic E-state index is 0.319. The molecule has 0 unspecified atom stereocenters. The van der Waals surface area contributed by atoms with E-state index in [2.05, 4.69) is 0 Å². The topological polar surface area (TPSA) is 107 Å². The van der Waals surface area contributed by atoms with Gasteiger partial charge in [0.2, 0.25) is 5.79 Å². The SMILES string of the molecule is CC(=O)O[Si](COc1ccc2c(c1)COC(C)(C)O2)(OC(C)=O)OC(C)=O. The van der Waals surface area contributed by atoms with E-state index in [1.54, 1.807) is 32.0 Å². The molecule has 1 aromatic rings. The summed E-state index contributed by atoms with van der Waals surface area (Å²) in [5.74, 6) is -1.98. The van der Waals surface area contributed by atoms with Gasteiger partial charge in [0.1, 0.15) is 11.5 Å². The Hall–Kier alpha value is -2.59. The van der Waals surface area contributed by atoms with Gasteiger partial charge in [-0.25, -0.2) is 0 Å². The lowest BCUT2D eigenvalue weighted by atomic mass is 10.1. The molecular formula is C17H22O9Si. The number of carbonyl (C=O) groups is 3. The fraction of sp³-hybridized carbons (Fsp3) is 0.471. The molecule has 1 aliphatic rings. The van der Waals surface area contributed by atoms with E-state index in [1.165, 1.54) is 0 Å². The second-order valence-electron chi connectivity index (χ2n) is 6.31. The molecule has 1 aromatic carbocycles. The van der Waals surface area contributed by atoms with Crippen molar-refractivity contribution in [1.29, 1.82) is 0 Å². The van der Waals surface area contributed by atoms with Gasteiger partial charge in [0.05, 0.1) is 6.61 Å². The lowest BCUT2D eigenvalue weighted by Crippen LogP contribution is -2.54. The van der Waals surface area contributed by atoms with Crippen molar-refractivity contribution in [2.75, 3.05) is 6.23 Å². The Kier molecular flexibility index (Phi) is 6.11. The van der Waals surface area contributed by atoms with Crippen LogP contribution in [0.3, 0.4) is 0 Å². The summed E-state index contributed by atoms with van der Waals surface area (Å²) >= 11 is 0. The zero-order chi connectivity index (χ0) is 20.2. The summed E-state index contributed by atoms with van der Waals surface area (Å²) in [4.78, 5) is 34.3. The summed E-state index contributed by atoms with van der Waals surface area (Å²) in [6, 6.07) is 5.02. The molecule has 0 aliphatic carbocycles. The van der Waals surface area contributed by atoms with Crippen molar-refractivity contribution in [1.82, 2.24) is 0 Å². The number of fused-ring (bicyclic) bond motifs is 1. The van der Waals surface area contributed by atoms with Crippen LogP contribution >= 0.6 is 0 Å². The highest BCUT2D eigenvalue weighted by molar-refractivity contribution is 6.65. The van der Waals surface area contributed by atoms with Crippen LogP contribution in [-0.4, -0.2) is 38.7 Å². The molecule has 148 valence electrons. The number of rotatable bonds is 6. The molecular weight excluding hydrogens is 376 g/mol. The molecule has 0 saturated carbocycles. The van der Waals surface area contributed by atoms with E-state index in [0.29, 0.717) is 18.1 Å². The van der Waals surface area contributed by atoms with Gasteiger partial charge in [0.15, 0.2) is 6.23 Å². The smallest absolute Gasteiger partial charge is 0.485 e. The average molecular weight is 398 g/mol. The average Bonchev–Trinajstić information content (AvgIpc) is 2.50. The Morgan fingerprint density at radius 3 is 2.11 bits per heavy atom. The molecule has 0 saturated heterocycles. The molecule has 10 heteroatoms. The number of carbonyl (C=O) groups excluding carboxylic acids is 3. The molecule has 0 fully saturated rings. The van der Waals surface area contributed by atoms with Crippen LogP contribution in [0.25, 0.3) is 0 Å². The van der Waals surface area contributed by atoms with Crippen molar-refractivity contribution in [2.24, 2.45) is 0 Å². The van der Waals surface area contributed by atoms with Crippen LogP contribution in [0.5, 0.6) is 11.5 Å². The number of benzene rings is 1. The highest BCUT2D eigenvalue weighted by Crippen LogP contribution is 2.33. The molecule has 27 heavy (non-hydrogen) atoms. The monoisotopic (exact) mass is 398 g/mol. The fourth-order valence-corrected chi connectivity index (χ4v) is 4.34. The fourth-order valence-electron chi connectivity index (χ4n) is 2.38. The van der Waals surface area contributed by atoms with Crippen LogP contribution in [-0.2, 0) is 39.0 Å². The zero-order valence-corrected chi connectivity index (χ0v) is 16.8. The molecule has 0 bridgehead atoms. The first-order valence-electron chi connectivity index (χ1n) is 8.18. The van der Waals surface area contributed by atoms with Crippen molar-refractivity contribution in [3.63, 3.8) is 0 Å². The second kappa shape index (κ2) is 7.97. The van der Waals surface area contributed by atoms with Crippen LogP contribution in [0.2, 0.25) is 0 Å². The number of hydrogen-bond donors (Lipinski definition) is 0. The summed E-state index contributed by atoms with van der Waals surface area (Å²) in [7, 11) is -4.06. The quantitative estimate of drug-likeness (QED) is 0.664. The molecule has 0 N–H and O–H groups in total. The van der Waals surface area contributed by atoms with E-state index in [9.17, 15) is 14.4 Å². The summed E-state index contributed by atoms with van der Waals surface area (Å²) in [6.45, 7) is 7.27. The zero-order valence-electron chi connectivity index (χ0n) is 15.8. The van der Waals surface area contributed by atoms with E-state index in [1.807, 2.05) is 0 Å². The van der Waals surface area contributed by atoms with E-state index in [-0.39, 0.29) is 0 Å². The van der Waals surface area contributed by atoms with Gasteiger partial charge >= 0.3 is 8.80 Å². The third-order valence-corrected chi connectivity index (χ3v) is 5.57. The largest absolute Gasteiger partial charge is 0.745 e. The van der Waals surface area contributed by atoms with Crippen LogP contribution in [0.15, 0.2) is 18.2 Å². The maximum atomic E-state index is 11.4. The Morgan fingerprint density at radius 1 is 1.04 bits per heavy atom. The van der Waals surface area contributed by atoms with Gasteiger partial charge in [-0.3, -0.25) is 14.4 Å². The van der Waals surface area contributed by atoms with Gasteiger partial charge < -0.3 is 27.5 Å². The maximum Gasteiger partial charge on any atom is 0.745 e. The van der Waals surface area contributed by atoms with Crippen molar-refractivity contribution in [3.05, 3.63) is 23.8 Å². The van der Waals surface area contributed by atoms with Crippen LogP contribution in [0.4, 0.5) is 0 Å². The van der Waals surface area contributed by atoms with Crippen molar-refractivity contribution in [3.8, 4) is 11.5 Å². The van der Waals surface area contributed by atoms with Gasteiger partial charge in [-0.15, -0.1) is 0 Å². The Bertz CT molecular complexity index is 703. The number of ether oxygens (including phenoxy) is 3.